The fourth-order valence-electron chi connectivity index (χ4n) is 7.96. The lowest BCUT2D eigenvalue weighted by molar-refractivity contribution is 0.660. The molecule has 1 aliphatic rings. The highest BCUT2D eigenvalue weighted by Crippen LogP contribution is 2.54. The summed E-state index contributed by atoms with van der Waals surface area (Å²) in [5, 5.41) is 2.47. The van der Waals surface area contributed by atoms with Crippen LogP contribution < -0.4 is 4.90 Å². The summed E-state index contributed by atoms with van der Waals surface area (Å²) >= 11 is 0. The molecule has 238 valence electrons. The summed E-state index contributed by atoms with van der Waals surface area (Å²) in [5.41, 5.74) is 16.0. The minimum Gasteiger partial charge on any atom is -0.310 e. The number of rotatable bonds is 6. The van der Waals surface area contributed by atoms with Crippen molar-refractivity contribution in [1.82, 2.24) is 0 Å². The zero-order valence-electron chi connectivity index (χ0n) is 28.3. The van der Waals surface area contributed by atoms with Crippen molar-refractivity contribution >= 4 is 27.8 Å². The maximum absolute atomic E-state index is 2.45. The minimum absolute atomic E-state index is 0.165. The third kappa shape index (κ3) is 5.02. The molecule has 0 unspecified atom stereocenters. The molecule has 0 aliphatic heterocycles. The van der Waals surface area contributed by atoms with Gasteiger partial charge in [-0.1, -0.05) is 166 Å². The number of hydrogen-bond donors (Lipinski definition) is 0. The van der Waals surface area contributed by atoms with Gasteiger partial charge in [-0.2, -0.15) is 0 Å². The Bertz CT molecular complexity index is 2490. The topological polar surface area (TPSA) is 3.24 Å². The Morgan fingerprint density at radius 2 is 0.960 bits per heavy atom. The number of fused-ring (bicyclic) bond motifs is 4. The molecule has 0 radical (unpaired) electrons. The lowest BCUT2D eigenvalue weighted by atomic mass is 9.81. The number of nitrogens with zero attached hydrogens (tertiary/aromatic N) is 1. The highest BCUT2D eigenvalue weighted by molar-refractivity contribution is 6.01. The van der Waals surface area contributed by atoms with Gasteiger partial charge in [0.2, 0.25) is 0 Å². The van der Waals surface area contributed by atoms with Crippen LogP contribution in [0.15, 0.2) is 188 Å². The highest BCUT2D eigenvalue weighted by Gasteiger charge is 2.37. The van der Waals surface area contributed by atoms with Crippen LogP contribution in [0.1, 0.15) is 25.0 Å². The van der Waals surface area contributed by atoms with Crippen LogP contribution in [-0.2, 0) is 5.41 Å². The largest absolute Gasteiger partial charge is 0.310 e. The molecule has 0 heterocycles. The van der Waals surface area contributed by atoms with Crippen LogP contribution in [0.3, 0.4) is 0 Å². The van der Waals surface area contributed by atoms with E-state index in [0.29, 0.717) is 0 Å². The van der Waals surface area contributed by atoms with Gasteiger partial charge in [-0.15, -0.1) is 0 Å². The smallest absolute Gasteiger partial charge is 0.0474 e. The molecule has 0 saturated carbocycles. The summed E-state index contributed by atoms with van der Waals surface area (Å²) in [5.74, 6) is 0. The van der Waals surface area contributed by atoms with E-state index in [2.05, 4.69) is 207 Å². The second-order valence-corrected chi connectivity index (χ2v) is 13.8. The molecule has 0 spiro atoms. The first-order chi connectivity index (χ1) is 24.6. The van der Waals surface area contributed by atoms with Gasteiger partial charge < -0.3 is 4.90 Å². The molecule has 50 heavy (non-hydrogen) atoms. The maximum Gasteiger partial charge on any atom is 0.0474 e. The monoisotopic (exact) mass is 639 g/mol. The molecule has 0 N–H and O–H groups in total. The third-order valence-corrected chi connectivity index (χ3v) is 10.4. The lowest BCUT2D eigenvalue weighted by Crippen LogP contribution is -2.16. The van der Waals surface area contributed by atoms with Gasteiger partial charge in [0, 0.05) is 22.5 Å². The quantitative estimate of drug-likeness (QED) is 0.175. The third-order valence-electron chi connectivity index (χ3n) is 10.4. The van der Waals surface area contributed by atoms with Crippen LogP contribution in [0.4, 0.5) is 17.1 Å². The molecule has 0 aromatic heterocycles. The second kappa shape index (κ2) is 12.1. The van der Waals surface area contributed by atoms with Gasteiger partial charge in [0.1, 0.15) is 0 Å². The molecule has 1 aliphatic carbocycles. The standard InChI is InChI=1S/C49H37N/c1-49(2)46-27-15-26-43(35-18-8-4-9-19-35)48(46)44-29-28-40(33-47(44)49)50(39-24-14-23-37(30-39)34-16-6-3-7-17-34)41-31-38-22-12-13-25-42(38)45(32-41)36-20-10-5-11-21-36/h3-33H,1-2H3. The number of benzene rings is 8. The summed E-state index contributed by atoms with van der Waals surface area (Å²) in [4.78, 5) is 2.45. The van der Waals surface area contributed by atoms with Crippen molar-refractivity contribution in [2.45, 2.75) is 19.3 Å². The highest BCUT2D eigenvalue weighted by atomic mass is 15.1. The molecule has 8 aromatic carbocycles. The van der Waals surface area contributed by atoms with Crippen molar-refractivity contribution < 1.29 is 0 Å². The Balaban J connectivity index is 1.28. The van der Waals surface area contributed by atoms with E-state index < -0.39 is 0 Å². The van der Waals surface area contributed by atoms with Gasteiger partial charge in [0.15, 0.2) is 0 Å². The Morgan fingerprint density at radius 3 is 1.70 bits per heavy atom. The summed E-state index contributed by atoms with van der Waals surface area (Å²) in [7, 11) is 0. The predicted molar refractivity (Wildman–Crippen MR) is 213 cm³/mol. The van der Waals surface area contributed by atoms with Crippen molar-refractivity contribution in [2.75, 3.05) is 4.90 Å². The summed E-state index contributed by atoms with van der Waals surface area (Å²) in [6.07, 6.45) is 0. The predicted octanol–water partition coefficient (Wildman–Crippen LogP) is 13.6. The summed E-state index contributed by atoms with van der Waals surface area (Å²) in [6.45, 7) is 4.75. The molecule has 0 saturated heterocycles. The SMILES string of the molecule is CC1(C)c2cc(N(c3cccc(-c4ccccc4)c3)c3cc(-c4ccccc4)c4ccccc4c3)ccc2-c2c(-c3ccccc3)cccc21. The van der Waals surface area contributed by atoms with Gasteiger partial charge >= 0.3 is 0 Å². The maximum atomic E-state index is 2.45. The van der Waals surface area contributed by atoms with E-state index >= 15 is 0 Å². The molecule has 1 nitrogen and oxygen atoms in total. The lowest BCUT2D eigenvalue weighted by Gasteiger charge is -2.29. The zero-order chi connectivity index (χ0) is 33.7. The minimum atomic E-state index is -0.165. The van der Waals surface area contributed by atoms with Crippen LogP contribution in [0.25, 0.3) is 55.3 Å². The molecule has 0 amide bonds. The molecule has 0 bridgehead atoms. The number of hydrogen-bond acceptors (Lipinski definition) is 1. The van der Waals surface area contributed by atoms with Gasteiger partial charge in [0.05, 0.1) is 0 Å². The van der Waals surface area contributed by atoms with Crippen LogP contribution in [0.5, 0.6) is 0 Å². The van der Waals surface area contributed by atoms with Gasteiger partial charge in [-0.25, -0.2) is 0 Å². The van der Waals surface area contributed by atoms with E-state index in [-0.39, 0.29) is 5.41 Å². The Hall–Kier alpha value is -6.18. The van der Waals surface area contributed by atoms with E-state index in [1.165, 1.54) is 66.4 Å². The summed E-state index contributed by atoms with van der Waals surface area (Å²) in [6, 6.07) is 68.6. The molecular formula is C49H37N. The van der Waals surface area contributed by atoms with Crippen molar-refractivity contribution in [3.63, 3.8) is 0 Å². The Labute approximate surface area is 294 Å². The fourth-order valence-corrected chi connectivity index (χ4v) is 7.96. The zero-order valence-corrected chi connectivity index (χ0v) is 28.3. The molecule has 8 aromatic rings. The number of anilines is 3. The first kappa shape index (κ1) is 29.9. The van der Waals surface area contributed by atoms with E-state index in [4.69, 9.17) is 0 Å². The van der Waals surface area contributed by atoms with Gasteiger partial charge in [-0.3, -0.25) is 0 Å². The fraction of sp³-hybridized carbons (Fsp3) is 0.0612. The normalized spacial score (nSPS) is 12.8. The van der Waals surface area contributed by atoms with Crippen molar-refractivity contribution in [2.24, 2.45) is 0 Å². The van der Waals surface area contributed by atoms with E-state index in [1.807, 2.05) is 0 Å². The Morgan fingerprint density at radius 1 is 0.360 bits per heavy atom. The first-order valence-electron chi connectivity index (χ1n) is 17.4. The molecule has 0 fully saturated rings. The molecule has 9 rings (SSSR count). The van der Waals surface area contributed by atoms with E-state index in [9.17, 15) is 0 Å². The van der Waals surface area contributed by atoms with E-state index in [1.54, 1.807) is 0 Å². The average molecular weight is 640 g/mol. The Kier molecular flexibility index (Phi) is 7.21. The molecule has 0 atom stereocenters. The molecule has 1 heteroatoms. The van der Waals surface area contributed by atoms with Crippen molar-refractivity contribution in [3.8, 4) is 44.5 Å². The van der Waals surface area contributed by atoms with Gasteiger partial charge in [0.25, 0.3) is 0 Å². The molecular weight excluding hydrogens is 603 g/mol. The van der Waals surface area contributed by atoms with Crippen molar-refractivity contribution in [3.05, 3.63) is 199 Å². The van der Waals surface area contributed by atoms with Crippen LogP contribution in [-0.4, -0.2) is 0 Å². The van der Waals surface area contributed by atoms with Crippen LogP contribution in [0, 0.1) is 0 Å². The first-order valence-corrected chi connectivity index (χ1v) is 17.4. The van der Waals surface area contributed by atoms with Crippen LogP contribution >= 0.6 is 0 Å². The van der Waals surface area contributed by atoms with Gasteiger partial charge in [-0.05, 0) is 103 Å². The van der Waals surface area contributed by atoms with Crippen LogP contribution in [0.2, 0.25) is 0 Å². The van der Waals surface area contributed by atoms with E-state index in [0.717, 1.165) is 17.1 Å². The second-order valence-electron chi connectivity index (χ2n) is 13.8. The average Bonchev–Trinajstić information content (AvgIpc) is 3.41. The summed E-state index contributed by atoms with van der Waals surface area (Å²) < 4.78 is 0. The van der Waals surface area contributed by atoms with Crippen molar-refractivity contribution in [1.29, 1.82) is 0 Å².